The number of nitrogens with one attached hydrogen (secondary N) is 1. The summed E-state index contributed by atoms with van der Waals surface area (Å²) in [6, 6.07) is 11.3. The molecule has 6 nitrogen and oxygen atoms in total. The van der Waals surface area contributed by atoms with Crippen LogP contribution in [0, 0.1) is 0 Å². The molecule has 0 saturated heterocycles. The van der Waals surface area contributed by atoms with Gasteiger partial charge in [-0.1, -0.05) is 30.3 Å². The standard InChI is InChI=1S/C15H14N2O4/c16-14(20)12(8-13(18)19)17-15(21)11-6-5-9-3-1-2-4-10(9)7-11/h1-7,12H,8H2,(H2,16,20)(H,17,21)(H,18,19)/t12-/m0/s1. The summed E-state index contributed by atoms with van der Waals surface area (Å²) in [7, 11) is 0. The summed E-state index contributed by atoms with van der Waals surface area (Å²) in [5.74, 6) is -2.63. The van der Waals surface area contributed by atoms with Crippen LogP contribution in [-0.2, 0) is 9.59 Å². The number of benzene rings is 2. The fourth-order valence-electron chi connectivity index (χ4n) is 1.97. The molecule has 0 fully saturated rings. The topological polar surface area (TPSA) is 109 Å². The first-order valence-corrected chi connectivity index (χ1v) is 6.28. The maximum absolute atomic E-state index is 12.1. The van der Waals surface area contributed by atoms with Crippen molar-refractivity contribution in [3.8, 4) is 0 Å². The van der Waals surface area contributed by atoms with Crippen LogP contribution in [-0.4, -0.2) is 28.9 Å². The van der Waals surface area contributed by atoms with Gasteiger partial charge in [-0.05, 0) is 22.9 Å². The van der Waals surface area contributed by atoms with Gasteiger partial charge in [0.05, 0.1) is 6.42 Å². The van der Waals surface area contributed by atoms with Crippen molar-refractivity contribution in [3.05, 3.63) is 48.0 Å². The van der Waals surface area contributed by atoms with Gasteiger partial charge < -0.3 is 16.2 Å². The Labute approximate surface area is 120 Å². The summed E-state index contributed by atoms with van der Waals surface area (Å²) in [6.45, 7) is 0. The minimum Gasteiger partial charge on any atom is -0.481 e. The summed E-state index contributed by atoms with van der Waals surface area (Å²) < 4.78 is 0. The Kier molecular flexibility index (Phi) is 4.18. The molecule has 0 bridgehead atoms. The van der Waals surface area contributed by atoms with Gasteiger partial charge in [0.15, 0.2) is 0 Å². The fraction of sp³-hybridized carbons (Fsp3) is 0.133. The lowest BCUT2D eigenvalue weighted by atomic mass is 10.1. The molecule has 108 valence electrons. The minimum absolute atomic E-state index is 0.338. The molecule has 21 heavy (non-hydrogen) atoms. The van der Waals surface area contributed by atoms with Crippen LogP contribution >= 0.6 is 0 Å². The number of carbonyl (C=O) groups is 3. The third-order valence-electron chi connectivity index (χ3n) is 3.04. The van der Waals surface area contributed by atoms with E-state index in [0.717, 1.165) is 10.8 Å². The zero-order chi connectivity index (χ0) is 15.4. The zero-order valence-electron chi connectivity index (χ0n) is 11.1. The third kappa shape index (κ3) is 3.56. The van der Waals surface area contributed by atoms with Crippen LogP contribution in [0.1, 0.15) is 16.8 Å². The molecule has 0 unspecified atom stereocenters. The van der Waals surface area contributed by atoms with Crippen LogP contribution < -0.4 is 11.1 Å². The number of hydrogen-bond donors (Lipinski definition) is 3. The Morgan fingerprint density at radius 3 is 2.38 bits per heavy atom. The molecule has 0 spiro atoms. The Balaban J connectivity index is 2.20. The van der Waals surface area contributed by atoms with E-state index >= 15 is 0 Å². The molecule has 0 aromatic heterocycles. The zero-order valence-corrected chi connectivity index (χ0v) is 11.1. The van der Waals surface area contributed by atoms with Crippen molar-refractivity contribution in [2.24, 2.45) is 5.73 Å². The summed E-state index contributed by atoms with van der Waals surface area (Å²) in [5, 5.41) is 12.9. The molecule has 0 saturated carbocycles. The van der Waals surface area contributed by atoms with Gasteiger partial charge in [0.1, 0.15) is 6.04 Å². The van der Waals surface area contributed by atoms with Crippen LogP contribution in [0.3, 0.4) is 0 Å². The van der Waals surface area contributed by atoms with E-state index in [1.54, 1.807) is 18.2 Å². The molecule has 4 N–H and O–H groups in total. The number of rotatable bonds is 5. The quantitative estimate of drug-likeness (QED) is 0.758. The Morgan fingerprint density at radius 1 is 1.10 bits per heavy atom. The number of primary amides is 1. The second-order valence-corrected chi connectivity index (χ2v) is 4.59. The van der Waals surface area contributed by atoms with E-state index in [0.29, 0.717) is 5.56 Å². The van der Waals surface area contributed by atoms with Crippen LogP contribution in [0.2, 0.25) is 0 Å². The first-order chi connectivity index (χ1) is 9.97. The van der Waals surface area contributed by atoms with Crippen LogP contribution in [0.4, 0.5) is 0 Å². The highest BCUT2D eigenvalue weighted by molar-refractivity contribution is 6.01. The van der Waals surface area contributed by atoms with E-state index in [9.17, 15) is 14.4 Å². The molecule has 0 aliphatic heterocycles. The summed E-state index contributed by atoms with van der Waals surface area (Å²) in [4.78, 5) is 33.9. The van der Waals surface area contributed by atoms with Crippen molar-refractivity contribution < 1.29 is 19.5 Å². The van der Waals surface area contributed by atoms with Gasteiger partial charge in [-0.15, -0.1) is 0 Å². The molecular formula is C15H14N2O4. The van der Waals surface area contributed by atoms with Crippen molar-refractivity contribution >= 4 is 28.6 Å². The van der Waals surface area contributed by atoms with E-state index < -0.39 is 30.2 Å². The molecule has 6 heteroatoms. The lowest BCUT2D eigenvalue weighted by Gasteiger charge is -2.13. The second kappa shape index (κ2) is 6.04. The van der Waals surface area contributed by atoms with Crippen molar-refractivity contribution in [2.75, 3.05) is 0 Å². The van der Waals surface area contributed by atoms with Gasteiger partial charge >= 0.3 is 5.97 Å². The van der Waals surface area contributed by atoms with Crippen molar-refractivity contribution in [1.82, 2.24) is 5.32 Å². The van der Waals surface area contributed by atoms with Crippen LogP contribution in [0.15, 0.2) is 42.5 Å². The number of amides is 2. The molecule has 2 aromatic carbocycles. The first-order valence-electron chi connectivity index (χ1n) is 6.28. The number of hydrogen-bond acceptors (Lipinski definition) is 3. The maximum Gasteiger partial charge on any atom is 0.305 e. The Morgan fingerprint density at radius 2 is 1.76 bits per heavy atom. The Hall–Kier alpha value is -2.89. The highest BCUT2D eigenvalue weighted by Gasteiger charge is 2.21. The largest absolute Gasteiger partial charge is 0.481 e. The van der Waals surface area contributed by atoms with Crippen LogP contribution in [0.5, 0.6) is 0 Å². The molecule has 0 heterocycles. The summed E-state index contributed by atoms with van der Waals surface area (Å²) in [5.41, 5.74) is 5.42. The van der Waals surface area contributed by atoms with E-state index in [1.165, 1.54) is 0 Å². The lowest BCUT2D eigenvalue weighted by Crippen LogP contribution is -2.45. The van der Waals surface area contributed by atoms with Crippen molar-refractivity contribution in [3.63, 3.8) is 0 Å². The Bertz CT molecular complexity index is 712. The number of nitrogens with two attached hydrogens (primary N) is 1. The monoisotopic (exact) mass is 286 g/mol. The van der Waals surface area contributed by atoms with Gasteiger partial charge in [0.25, 0.3) is 5.91 Å². The van der Waals surface area contributed by atoms with E-state index in [4.69, 9.17) is 10.8 Å². The molecule has 0 aliphatic rings. The SMILES string of the molecule is NC(=O)[C@H](CC(=O)O)NC(=O)c1ccc2ccccc2c1. The van der Waals surface area contributed by atoms with Gasteiger partial charge in [-0.3, -0.25) is 14.4 Å². The minimum atomic E-state index is -1.23. The molecule has 0 radical (unpaired) electrons. The molecule has 0 aliphatic carbocycles. The van der Waals surface area contributed by atoms with E-state index in [-0.39, 0.29) is 0 Å². The number of fused-ring (bicyclic) bond motifs is 1. The van der Waals surface area contributed by atoms with E-state index in [2.05, 4.69) is 5.32 Å². The molecule has 2 amide bonds. The normalized spacial score (nSPS) is 11.8. The fourth-order valence-corrected chi connectivity index (χ4v) is 1.97. The highest BCUT2D eigenvalue weighted by atomic mass is 16.4. The maximum atomic E-state index is 12.1. The third-order valence-corrected chi connectivity index (χ3v) is 3.04. The average molecular weight is 286 g/mol. The number of carboxylic acid groups (broad SMARTS) is 1. The first kappa shape index (κ1) is 14.5. The summed E-state index contributed by atoms with van der Waals surface area (Å²) in [6.07, 6.45) is -0.547. The predicted octanol–water partition coefficient (Wildman–Crippen LogP) is 0.898. The predicted molar refractivity (Wildman–Crippen MR) is 76.6 cm³/mol. The second-order valence-electron chi connectivity index (χ2n) is 4.59. The number of aliphatic carboxylic acids is 1. The summed E-state index contributed by atoms with van der Waals surface area (Å²) >= 11 is 0. The van der Waals surface area contributed by atoms with Crippen molar-refractivity contribution in [1.29, 1.82) is 0 Å². The van der Waals surface area contributed by atoms with Gasteiger partial charge in [0, 0.05) is 5.56 Å². The lowest BCUT2D eigenvalue weighted by molar-refractivity contribution is -0.139. The van der Waals surface area contributed by atoms with E-state index in [1.807, 2.05) is 24.3 Å². The smallest absolute Gasteiger partial charge is 0.305 e. The molecule has 2 rings (SSSR count). The van der Waals surface area contributed by atoms with Crippen molar-refractivity contribution in [2.45, 2.75) is 12.5 Å². The number of carbonyl (C=O) groups excluding carboxylic acids is 2. The molecule has 2 aromatic rings. The molecular weight excluding hydrogens is 272 g/mol. The van der Waals surface area contributed by atoms with Gasteiger partial charge in [-0.25, -0.2) is 0 Å². The number of carboxylic acids is 1. The average Bonchev–Trinajstić information content (AvgIpc) is 2.45. The van der Waals surface area contributed by atoms with Gasteiger partial charge in [0.2, 0.25) is 5.91 Å². The van der Waals surface area contributed by atoms with Gasteiger partial charge in [-0.2, -0.15) is 0 Å². The molecule has 1 atom stereocenters. The highest BCUT2D eigenvalue weighted by Crippen LogP contribution is 2.15. The van der Waals surface area contributed by atoms with Crippen LogP contribution in [0.25, 0.3) is 10.8 Å².